The maximum Gasteiger partial charge on any atom is 0.472 e. The van der Waals surface area contributed by atoms with Gasteiger partial charge in [0.05, 0.1) is 33.8 Å². The predicted octanol–water partition coefficient (Wildman–Crippen LogP) is 19.9. The average Bonchev–Trinajstić information content (AvgIpc) is 3.40. The topological polar surface area (TPSA) is 111 Å². The predicted molar refractivity (Wildman–Crippen MR) is 337 cm³/mol. The van der Waals surface area contributed by atoms with Crippen molar-refractivity contribution < 1.29 is 37.3 Å². The van der Waals surface area contributed by atoms with E-state index in [-0.39, 0.29) is 31.5 Å². The summed E-state index contributed by atoms with van der Waals surface area (Å²) in [6.45, 7) is 6.93. The first-order valence-corrected chi connectivity index (χ1v) is 33.6. The van der Waals surface area contributed by atoms with Crippen molar-refractivity contribution in [3.8, 4) is 0 Å². The van der Waals surface area contributed by atoms with Crippen molar-refractivity contribution in [2.75, 3.05) is 40.9 Å². The molecular formula is C68H122N2O7P+. The highest BCUT2D eigenvalue weighted by Crippen LogP contribution is 2.43. The third-order valence-corrected chi connectivity index (χ3v) is 14.7. The summed E-state index contributed by atoms with van der Waals surface area (Å²) in [6, 6.07) is -0.869. The van der Waals surface area contributed by atoms with Crippen LogP contribution in [0.1, 0.15) is 271 Å². The highest BCUT2D eigenvalue weighted by atomic mass is 31.2. The molecule has 0 aromatic carbocycles. The Kier molecular flexibility index (Phi) is 54.9. The van der Waals surface area contributed by atoms with Crippen molar-refractivity contribution in [1.82, 2.24) is 5.32 Å². The zero-order valence-electron chi connectivity index (χ0n) is 51.4. The van der Waals surface area contributed by atoms with Crippen LogP contribution >= 0.6 is 7.82 Å². The second-order valence-electron chi connectivity index (χ2n) is 22.6. The van der Waals surface area contributed by atoms with Crippen LogP contribution in [-0.2, 0) is 27.9 Å². The fourth-order valence-corrected chi connectivity index (χ4v) is 9.49. The molecule has 450 valence electrons. The normalized spacial score (nSPS) is 14.3. The van der Waals surface area contributed by atoms with Crippen molar-refractivity contribution >= 4 is 19.7 Å². The minimum absolute atomic E-state index is 0.0297. The first-order valence-electron chi connectivity index (χ1n) is 32.1. The highest BCUT2D eigenvalue weighted by Gasteiger charge is 2.30. The van der Waals surface area contributed by atoms with Crippen LogP contribution in [0.15, 0.2) is 97.2 Å². The van der Waals surface area contributed by atoms with Gasteiger partial charge in [-0.05, 0) is 115 Å². The summed E-state index contributed by atoms with van der Waals surface area (Å²) < 4.78 is 30.7. The molecule has 3 unspecified atom stereocenters. The summed E-state index contributed by atoms with van der Waals surface area (Å²) >= 11 is 0. The lowest BCUT2D eigenvalue weighted by molar-refractivity contribution is -0.870. The van der Waals surface area contributed by atoms with Crippen molar-refractivity contribution in [3.63, 3.8) is 0 Å². The van der Waals surface area contributed by atoms with E-state index in [2.05, 4.69) is 111 Å². The first kappa shape index (κ1) is 74.9. The maximum atomic E-state index is 13.6. The van der Waals surface area contributed by atoms with Crippen LogP contribution in [-0.4, -0.2) is 74.3 Å². The zero-order chi connectivity index (χ0) is 57.2. The van der Waals surface area contributed by atoms with Gasteiger partial charge in [0.1, 0.15) is 19.3 Å². The number of rotatable bonds is 57. The molecule has 0 saturated heterocycles. The quantitative estimate of drug-likeness (QED) is 0.0205. The number of esters is 1. The van der Waals surface area contributed by atoms with Gasteiger partial charge in [0.15, 0.2) is 0 Å². The second-order valence-corrected chi connectivity index (χ2v) is 24.0. The molecule has 1 amide bonds. The SMILES string of the molecule is CCCCC/C=C\C/C=C\C/C=C\C/C=C\CCCCCCCC(=O)OC(/C=C/CCCCCCCCCCCC)C(COP(=O)(O)OCC[N+](C)(C)C)NC(=O)CCCCCCCC/C=C\C/C=C\C/C=C\CCCCC. The Morgan fingerprint density at radius 1 is 0.449 bits per heavy atom. The lowest BCUT2D eigenvalue weighted by Crippen LogP contribution is -2.47. The molecule has 9 nitrogen and oxygen atoms in total. The molecule has 0 aliphatic carbocycles. The Hall–Kier alpha value is -3.07. The van der Waals surface area contributed by atoms with Gasteiger partial charge in [-0.2, -0.15) is 0 Å². The van der Waals surface area contributed by atoms with Gasteiger partial charge in [0.2, 0.25) is 5.91 Å². The smallest absolute Gasteiger partial charge is 0.456 e. The molecule has 0 aromatic heterocycles. The van der Waals surface area contributed by atoms with Crippen molar-refractivity contribution in [2.24, 2.45) is 0 Å². The fourth-order valence-electron chi connectivity index (χ4n) is 8.75. The van der Waals surface area contributed by atoms with Crippen LogP contribution in [0.4, 0.5) is 0 Å². The summed E-state index contributed by atoms with van der Waals surface area (Å²) in [4.78, 5) is 37.8. The standard InChI is InChI=1S/C68H121N2O7P/c1-7-10-13-16-19-22-25-28-30-32-34-35-37-39-41-43-46-49-52-55-58-61-68(72)77-66(59-56-53-50-47-44-27-24-21-18-15-12-9-3)65(64-76-78(73,74)75-63-62-70(4,5)6)69-67(71)60-57-54-51-48-45-42-40-38-36-33-31-29-26-23-20-17-14-11-8-2/h19-20,22-23,28-31,34-36,38-39,41,56,59,65-66H,7-18,21,24-27,32-33,37,40,42-55,57-58,60-64H2,1-6H3,(H-,69,71,73,74)/p+1/b22-19-,23-20-,30-28-,31-29-,35-34-,38-36-,41-39-,59-56+. The van der Waals surface area contributed by atoms with Crippen LogP contribution in [0.25, 0.3) is 0 Å². The van der Waals surface area contributed by atoms with Gasteiger partial charge in [-0.1, -0.05) is 240 Å². The number of ether oxygens (including phenoxy) is 1. The molecule has 10 heteroatoms. The minimum atomic E-state index is -4.46. The van der Waals surface area contributed by atoms with E-state index in [1.54, 1.807) is 0 Å². The number of carbonyl (C=O) groups is 2. The lowest BCUT2D eigenvalue weighted by Gasteiger charge is -2.27. The van der Waals surface area contributed by atoms with Crippen LogP contribution in [0, 0.1) is 0 Å². The molecule has 2 N–H and O–H groups in total. The lowest BCUT2D eigenvalue weighted by atomic mass is 10.0. The molecular weight excluding hydrogens is 988 g/mol. The number of nitrogens with zero attached hydrogens (tertiary/aromatic N) is 1. The van der Waals surface area contributed by atoms with Gasteiger partial charge in [0.25, 0.3) is 0 Å². The van der Waals surface area contributed by atoms with Crippen LogP contribution in [0.3, 0.4) is 0 Å². The molecule has 0 aliphatic heterocycles. The zero-order valence-corrected chi connectivity index (χ0v) is 52.3. The third-order valence-electron chi connectivity index (χ3n) is 13.7. The number of amides is 1. The van der Waals surface area contributed by atoms with E-state index in [1.165, 1.54) is 103 Å². The van der Waals surface area contributed by atoms with Gasteiger partial charge in [-0.3, -0.25) is 18.6 Å². The largest absolute Gasteiger partial charge is 0.472 e. The number of hydrogen-bond donors (Lipinski definition) is 2. The molecule has 78 heavy (non-hydrogen) atoms. The highest BCUT2D eigenvalue weighted by molar-refractivity contribution is 7.47. The molecule has 0 aliphatic rings. The number of quaternary nitrogens is 1. The van der Waals surface area contributed by atoms with Gasteiger partial charge in [0, 0.05) is 12.8 Å². The molecule has 0 saturated carbocycles. The molecule has 0 aromatic rings. The Morgan fingerprint density at radius 2 is 0.782 bits per heavy atom. The molecule has 0 heterocycles. The van der Waals surface area contributed by atoms with E-state index in [0.717, 1.165) is 128 Å². The number of carbonyl (C=O) groups excluding carboxylic acids is 2. The Labute approximate surface area is 481 Å². The van der Waals surface area contributed by atoms with Crippen LogP contribution in [0.2, 0.25) is 0 Å². The number of unbranched alkanes of at least 4 members (excludes halogenated alkanes) is 27. The fraction of sp³-hybridized carbons (Fsp3) is 0.735. The summed E-state index contributed by atoms with van der Waals surface area (Å²) in [5, 5.41) is 3.05. The average molecular weight is 1110 g/mol. The molecule has 3 atom stereocenters. The Morgan fingerprint density at radius 3 is 1.19 bits per heavy atom. The first-order chi connectivity index (χ1) is 37.9. The monoisotopic (exact) mass is 1110 g/mol. The van der Waals surface area contributed by atoms with E-state index in [9.17, 15) is 19.0 Å². The summed E-state index contributed by atoms with van der Waals surface area (Å²) in [6.07, 6.45) is 76.8. The number of allylic oxidation sites excluding steroid dienone is 15. The Balaban J connectivity index is 5.30. The summed E-state index contributed by atoms with van der Waals surface area (Å²) in [5.74, 6) is -0.543. The minimum Gasteiger partial charge on any atom is -0.456 e. The molecule has 0 spiro atoms. The molecule has 0 bridgehead atoms. The van der Waals surface area contributed by atoms with E-state index in [0.29, 0.717) is 23.9 Å². The van der Waals surface area contributed by atoms with E-state index in [1.807, 2.05) is 33.3 Å². The summed E-state index contributed by atoms with van der Waals surface area (Å²) in [7, 11) is 1.46. The van der Waals surface area contributed by atoms with E-state index in [4.69, 9.17) is 13.8 Å². The van der Waals surface area contributed by atoms with Gasteiger partial charge >= 0.3 is 13.8 Å². The van der Waals surface area contributed by atoms with Crippen LogP contribution < -0.4 is 5.32 Å². The third kappa shape index (κ3) is 57.6. The van der Waals surface area contributed by atoms with Crippen molar-refractivity contribution in [3.05, 3.63) is 97.2 Å². The second kappa shape index (κ2) is 57.2. The summed E-state index contributed by atoms with van der Waals surface area (Å²) in [5.41, 5.74) is 0. The van der Waals surface area contributed by atoms with Gasteiger partial charge in [-0.15, -0.1) is 0 Å². The van der Waals surface area contributed by atoms with E-state index < -0.39 is 20.0 Å². The number of nitrogens with one attached hydrogen (secondary N) is 1. The van der Waals surface area contributed by atoms with Crippen molar-refractivity contribution in [1.29, 1.82) is 0 Å². The number of phosphoric acid groups is 1. The molecule has 0 radical (unpaired) electrons. The Bertz CT molecular complexity index is 1660. The van der Waals surface area contributed by atoms with E-state index >= 15 is 0 Å². The number of likely N-dealkylation sites (N-methyl/N-ethyl adjacent to an activating group) is 1. The van der Waals surface area contributed by atoms with Crippen LogP contribution in [0.5, 0.6) is 0 Å². The molecule has 0 rings (SSSR count). The number of hydrogen-bond acceptors (Lipinski definition) is 6. The van der Waals surface area contributed by atoms with Gasteiger partial charge < -0.3 is 19.4 Å². The maximum absolute atomic E-state index is 13.6. The number of phosphoric ester groups is 1. The van der Waals surface area contributed by atoms with Gasteiger partial charge in [-0.25, -0.2) is 4.57 Å². The molecule has 0 fully saturated rings. The van der Waals surface area contributed by atoms with Crippen molar-refractivity contribution in [2.45, 2.75) is 283 Å².